The highest BCUT2D eigenvalue weighted by Gasteiger charge is 2.25. The van der Waals surface area contributed by atoms with Gasteiger partial charge in [-0.2, -0.15) is 5.10 Å². The molecule has 0 saturated heterocycles. The van der Waals surface area contributed by atoms with Gasteiger partial charge in [0.1, 0.15) is 9.88 Å². The van der Waals surface area contributed by atoms with Crippen LogP contribution in [0.15, 0.2) is 4.79 Å². The summed E-state index contributed by atoms with van der Waals surface area (Å²) in [4.78, 5) is 30.2. The van der Waals surface area contributed by atoms with E-state index < -0.39 is 0 Å². The molecule has 2 aromatic heterocycles. The molecule has 0 radical (unpaired) electrons. The molecule has 1 N–H and O–H groups in total. The third-order valence-corrected chi connectivity index (χ3v) is 5.44. The third kappa shape index (κ3) is 3.98. The van der Waals surface area contributed by atoms with E-state index in [9.17, 15) is 9.59 Å². The first-order chi connectivity index (χ1) is 11.6. The van der Waals surface area contributed by atoms with Crippen LogP contribution in [0.3, 0.4) is 0 Å². The minimum atomic E-state index is -0.276. The fraction of sp³-hybridized carbons (Fsp3) is 0.556. The van der Waals surface area contributed by atoms with Crippen LogP contribution in [-0.4, -0.2) is 26.2 Å². The number of carbonyl (C=O) groups is 1. The summed E-state index contributed by atoms with van der Waals surface area (Å²) >= 11 is 1.26. The zero-order chi connectivity index (χ0) is 18.9. The average molecular weight is 362 g/mol. The van der Waals surface area contributed by atoms with Gasteiger partial charge in [0, 0.05) is 12.6 Å². The Labute approximate surface area is 152 Å². The highest BCUT2D eigenvalue weighted by atomic mass is 32.1. The zero-order valence-corrected chi connectivity index (χ0v) is 16.8. The average Bonchev–Trinajstić information content (AvgIpc) is 2.86. The van der Waals surface area contributed by atoms with Gasteiger partial charge in [0.25, 0.3) is 11.5 Å². The minimum Gasteiger partial charge on any atom is -0.346 e. The van der Waals surface area contributed by atoms with Crippen molar-refractivity contribution >= 4 is 17.2 Å². The molecule has 6 nitrogen and oxygen atoms in total. The van der Waals surface area contributed by atoms with Gasteiger partial charge in [-0.3, -0.25) is 9.59 Å². The summed E-state index contributed by atoms with van der Waals surface area (Å²) in [7, 11) is 1.62. The van der Waals surface area contributed by atoms with E-state index in [1.807, 2.05) is 27.7 Å². The Morgan fingerprint density at radius 1 is 1.24 bits per heavy atom. The molecule has 136 valence electrons. The summed E-state index contributed by atoms with van der Waals surface area (Å²) in [5.74, 6) is -0.139. The lowest BCUT2D eigenvalue weighted by molar-refractivity contribution is 0.0912. The molecule has 0 aliphatic carbocycles. The summed E-state index contributed by atoms with van der Waals surface area (Å²) in [5.41, 5.74) is 2.27. The lowest BCUT2D eigenvalue weighted by Crippen LogP contribution is -2.43. The molecule has 2 heterocycles. The van der Waals surface area contributed by atoms with Crippen LogP contribution in [0.25, 0.3) is 10.6 Å². The largest absolute Gasteiger partial charge is 0.346 e. The number of nitrogens with zero attached hydrogens (tertiary/aromatic N) is 3. The van der Waals surface area contributed by atoms with Gasteiger partial charge in [0.15, 0.2) is 0 Å². The summed E-state index contributed by atoms with van der Waals surface area (Å²) in [6, 6.07) is 0. The molecule has 0 aliphatic rings. The maximum atomic E-state index is 12.7. The predicted octanol–water partition coefficient (Wildman–Crippen LogP) is 3.14. The molecule has 0 saturated carbocycles. The van der Waals surface area contributed by atoms with E-state index in [0.717, 1.165) is 24.1 Å². The van der Waals surface area contributed by atoms with Crippen molar-refractivity contribution in [1.29, 1.82) is 0 Å². The first-order valence-electron chi connectivity index (χ1n) is 8.42. The van der Waals surface area contributed by atoms with E-state index in [-0.39, 0.29) is 17.0 Å². The standard InChI is InChI=1S/C18H26N4O2S/c1-8-9-18(5,6)20-15(23)14-12(4)19-16(25-14)13-10(2)11(3)21-22(7)17(13)24/h8-9H2,1-7H3,(H,20,23). The molecular weight excluding hydrogens is 336 g/mol. The van der Waals surface area contributed by atoms with E-state index in [2.05, 4.69) is 22.3 Å². The summed E-state index contributed by atoms with van der Waals surface area (Å²) in [5, 5.41) is 7.83. The van der Waals surface area contributed by atoms with Gasteiger partial charge in [-0.05, 0) is 46.6 Å². The van der Waals surface area contributed by atoms with Crippen molar-refractivity contribution in [1.82, 2.24) is 20.1 Å². The maximum Gasteiger partial charge on any atom is 0.277 e. The molecule has 2 rings (SSSR count). The Balaban J connectivity index is 2.46. The van der Waals surface area contributed by atoms with Crippen LogP contribution in [0, 0.1) is 20.8 Å². The van der Waals surface area contributed by atoms with Gasteiger partial charge in [-0.1, -0.05) is 13.3 Å². The van der Waals surface area contributed by atoms with E-state index in [0.29, 0.717) is 21.1 Å². The zero-order valence-electron chi connectivity index (χ0n) is 16.0. The molecule has 0 spiro atoms. The summed E-state index contributed by atoms with van der Waals surface area (Å²) in [6.45, 7) is 11.6. The molecule has 0 unspecified atom stereocenters. The van der Waals surface area contributed by atoms with Crippen molar-refractivity contribution in [2.75, 3.05) is 0 Å². The van der Waals surface area contributed by atoms with Gasteiger partial charge in [0.2, 0.25) is 0 Å². The van der Waals surface area contributed by atoms with Crippen molar-refractivity contribution in [3.63, 3.8) is 0 Å². The Morgan fingerprint density at radius 3 is 2.48 bits per heavy atom. The molecular formula is C18H26N4O2S. The normalized spacial score (nSPS) is 11.6. The SMILES string of the molecule is CCCC(C)(C)NC(=O)c1sc(-c2c(C)c(C)nn(C)c2=O)nc1C. The molecule has 7 heteroatoms. The number of thiazole rings is 1. The highest BCUT2D eigenvalue weighted by molar-refractivity contribution is 7.17. The van der Waals surface area contributed by atoms with Crippen molar-refractivity contribution in [2.45, 2.75) is 59.9 Å². The first kappa shape index (κ1) is 19.3. The number of aromatic nitrogens is 3. The van der Waals surface area contributed by atoms with Crippen molar-refractivity contribution in [3.8, 4) is 10.6 Å². The molecule has 0 atom stereocenters. The minimum absolute atomic E-state index is 0.139. The fourth-order valence-corrected chi connectivity index (χ4v) is 3.92. The van der Waals surface area contributed by atoms with Crippen LogP contribution in [0.4, 0.5) is 0 Å². The fourth-order valence-electron chi connectivity index (χ4n) is 2.87. The Morgan fingerprint density at radius 2 is 1.88 bits per heavy atom. The summed E-state index contributed by atoms with van der Waals surface area (Å²) < 4.78 is 1.32. The Hall–Kier alpha value is -2.02. The predicted molar refractivity (Wildman–Crippen MR) is 101 cm³/mol. The van der Waals surface area contributed by atoms with Crippen LogP contribution < -0.4 is 10.9 Å². The molecule has 2 aromatic rings. The molecule has 25 heavy (non-hydrogen) atoms. The molecule has 0 fully saturated rings. The third-order valence-electron chi connectivity index (χ3n) is 4.27. The van der Waals surface area contributed by atoms with Crippen LogP contribution in [-0.2, 0) is 7.05 Å². The molecule has 1 amide bonds. The van der Waals surface area contributed by atoms with E-state index >= 15 is 0 Å². The highest BCUT2D eigenvalue weighted by Crippen LogP contribution is 2.29. The number of aryl methyl sites for hydroxylation is 3. The van der Waals surface area contributed by atoms with Crippen molar-refractivity contribution in [2.24, 2.45) is 7.05 Å². The van der Waals surface area contributed by atoms with E-state index in [4.69, 9.17) is 0 Å². The molecule has 0 bridgehead atoms. The number of carbonyl (C=O) groups excluding carboxylic acids is 1. The van der Waals surface area contributed by atoms with E-state index in [1.54, 1.807) is 14.0 Å². The monoisotopic (exact) mass is 362 g/mol. The Bertz CT molecular complexity index is 865. The number of hydrogen-bond acceptors (Lipinski definition) is 5. The smallest absolute Gasteiger partial charge is 0.277 e. The first-order valence-corrected chi connectivity index (χ1v) is 9.24. The number of nitrogens with one attached hydrogen (secondary N) is 1. The van der Waals surface area contributed by atoms with Crippen LogP contribution in [0.2, 0.25) is 0 Å². The van der Waals surface area contributed by atoms with Gasteiger partial charge in [-0.25, -0.2) is 9.67 Å². The second-order valence-electron chi connectivity index (χ2n) is 7.04. The van der Waals surface area contributed by atoms with Crippen LogP contribution >= 0.6 is 11.3 Å². The number of amides is 1. The second-order valence-corrected chi connectivity index (χ2v) is 8.03. The van der Waals surface area contributed by atoms with Gasteiger partial charge in [-0.15, -0.1) is 11.3 Å². The lowest BCUT2D eigenvalue weighted by atomic mass is 9.99. The molecule has 0 aliphatic heterocycles. The van der Waals surface area contributed by atoms with Gasteiger partial charge < -0.3 is 5.32 Å². The topological polar surface area (TPSA) is 76.9 Å². The van der Waals surface area contributed by atoms with Gasteiger partial charge >= 0.3 is 0 Å². The van der Waals surface area contributed by atoms with Crippen LogP contribution in [0.5, 0.6) is 0 Å². The van der Waals surface area contributed by atoms with Crippen molar-refractivity contribution in [3.05, 3.63) is 32.2 Å². The number of rotatable bonds is 5. The maximum absolute atomic E-state index is 12.7. The van der Waals surface area contributed by atoms with Crippen LogP contribution in [0.1, 0.15) is 60.2 Å². The number of hydrogen-bond donors (Lipinski definition) is 1. The lowest BCUT2D eigenvalue weighted by Gasteiger charge is -2.25. The van der Waals surface area contributed by atoms with E-state index in [1.165, 1.54) is 16.0 Å². The molecule has 0 aromatic carbocycles. The quantitative estimate of drug-likeness (QED) is 0.886. The van der Waals surface area contributed by atoms with Gasteiger partial charge in [0.05, 0.1) is 17.0 Å². The Kier molecular flexibility index (Phi) is 5.46. The second kappa shape index (κ2) is 7.07. The summed E-state index contributed by atoms with van der Waals surface area (Å²) in [6.07, 6.45) is 1.89. The van der Waals surface area contributed by atoms with Crippen molar-refractivity contribution < 1.29 is 4.79 Å².